The highest BCUT2D eigenvalue weighted by Gasteiger charge is 2.33. The van der Waals surface area contributed by atoms with Gasteiger partial charge in [0, 0.05) is 24.6 Å². The largest absolute Gasteiger partial charge is 0.396 e. The lowest BCUT2D eigenvalue weighted by atomic mass is 10.0. The molecule has 118 valence electrons. The van der Waals surface area contributed by atoms with Crippen LogP contribution in [-0.4, -0.2) is 40.9 Å². The van der Waals surface area contributed by atoms with Crippen molar-refractivity contribution in [3.63, 3.8) is 0 Å². The predicted octanol–water partition coefficient (Wildman–Crippen LogP) is 2.52. The predicted molar refractivity (Wildman–Crippen MR) is 88.0 cm³/mol. The molecule has 1 amide bonds. The molecule has 0 radical (unpaired) electrons. The van der Waals surface area contributed by atoms with Gasteiger partial charge in [-0.1, -0.05) is 42.5 Å². The number of likely N-dealkylation sites (tertiary alicyclic amines) is 1. The Morgan fingerprint density at radius 1 is 1.04 bits per heavy atom. The minimum absolute atomic E-state index is 0.0192. The fraction of sp³-hybridized carbons (Fsp3) is 0.263. The van der Waals surface area contributed by atoms with Gasteiger partial charge in [-0.05, 0) is 29.7 Å². The lowest BCUT2D eigenvalue weighted by Crippen LogP contribution is -2.36. The van der Waals surface area contributed by atoms with Crippen LogP contribution in [0, 0.1) is 0 Å². The molecule has 1 N–H and O–H groups in total. The fourth-order valence-electron chi connectivity index (χ4n) is 3.00. The number of hydrogen-bond acceptors (Lipinski definition) is 3. The Balaban J connectivity index is 1.79. The van der Waals surface area contributed by atoms with E-state index in [9.17, 15) is 9.59 Å². The van der Waals surface area contributed by atoms with Crippen molar-refractivity contribution >= 4 is 11.7 Å². The maximum Gasteiger partial charge on any atom is 0.254 e. The van der Waals surface area contributed by atoms with Crippen molar-refractivity contribution in [1.29, 1.82) is 0 Å². The van der Waals surface area contributed by atoms with Crippen molar-refractivity contribution in [2.45, 2.75) is 18.9 Å². The number of ketones is 1. The van der Waals surface area contributed by atoms with Gasteiger partial charge in [-0.25, -0.2) is 0 Å². The van der Waals surface area contributed by atoms with E-state index < -0.39 is 0 Å². The van der Waals surface area contributed by atoms with Crippen LogP contribution in [0.1, 0.15) is 23.2 Å². The molecule has 0 unspecified atom stereocenters. The highest BCUT2D eigenvalue weighted by Crippen LogP contribution is 2.23. The number of rotatable bonds is 4. The van der Waals surface area contributed by atoms with E-state index in [2.05, 4.69) is 0 Å². The zero-order valence-corrected chi connectivity index (χ0v) is 12.8. The number of amides is 1. The molecule has 1 heterocycles. The highest BCUT2D eigenvalue weighted by atomic mass is 16.3. The number of Topliss-reactive ketones (excluding diaryl/α,β-unsaturated/α-hetero) is 1. The van der Waals surface area contributed by atoms with Gasteiger partial charge in [0.15, 0.2) is 5.78 Å². The van der Waals surface area contributed by atoms with Gasteiger partial charge in [0.25, 0.3) is 5.91 Å². The first-order chi connectivity index (χ1) is 11.2. The van der Waals surface area contributed by atoms with Crippen molar-refractivity contribution in [2.24, 2.45) is 0 Å². The van der Waals surface area contributed by atoms with Crippen molar-refractivity contribution in [2.75, 3.05) is 13.2 Å². The second-order valence-corrected chi connectivity index (χ2v) is 5.79. The minimum atomic E-state index is -0.186. The van der Waals surface area contributed by atoms with Gasteiger partial charge in [-0.2, -0.15) is 0 Å². The molecule has 3 rings (SSSR count). The monoisotopic (exact) mass is 309 g/mol. The van der Waals surface area contributed by atoms with Crippen molar-refractivity contribution in [3.05, 3.63) is 60.2 Å². The second-order valence-electron chi connectivity index (χ2n) is 5.79. The number of benzene rings is 2. The summed E-state index contributed by atoms with van der Waals surface area (Å²) in [5.74, 6) is -0.0911. The smallest absolute Gasteiger partial charge is 0.254 e. The summed E-state index contributed by atoms with van der Waals surface area (Å²) in [7, 11) is 0. The Morgan fingerprint density at radius 2 is 1.70 bits per heavy atom. The molecule has 1 atom stereocenters. The number of carbonyl (C=O) groups is 2. The molecule has 2 aromatic carbocycles. The third-order valence-electron chi connectivity index (χ3n) is 4.21. The van der Waals surface area contributed by atoms with Gasteiger partial charge in [0.2, 0.25) is 0 Å². The molecule has 0 saturated carbocycles. The Kier molecular flexibility index (Phi) is 4.53. The number of carbonyl (C=O) groups excluding carboxylic acids is 2. The summed E-state index contributed by atoms with van der Waals surface area (Å²) in [4.78, 5) is 25.8. The zero-order chi connectivity index (χ0) is 16.2. The Morgan fingerprint density at radius 3 is 2.35 bits per heavy atom. The second kappa shape index (κ2) is 6.75. The van der Waals surface area contributed by atoms with E-state index in [1.807, 2.05) is 42.5 Å². The van der Waals surface area contributed by atoms with Crippen LogP contribution in [0.4, 0.5) is 0 Å². The maximum atomic E-state index is 12.6. The summed E-state index contributed by atoms with van der Waals surface area (Å²) < 4.78 is 0. The third-order valence-corrected chi connectivity index (χ3v) is 4.21. The van der Waals surface area contributed by atoms with E-state index in [0.717, 1.165) is 11.1 Å². The number of hydrogen-bond donors (Lipinski definition) is 1. The first kappa shape index (κ1) is 15.4. The van der Waals surface area contributed by atoms with Crippen LogP contribution >= 0.6 is 0 Å². The Labute approximate surface area is 135 Å². The number of nitrogens with zero attached hydrogens (tertiary/aromatic N) is 1. The number of aliphatic hydroxyl groups excluding tert-OH is 1. The molecule has 2 aromatic rings. The standard InChI is InChI=1S/C19H19NO3/c21-11-10-17-12-18(22)13-20(17)19(23)16-8-6-15(7-9-16)14-4-2-1-3-5-14/h1-9,17,21H,10-13H2/t17-/m1/s1. The zero-order valence-electron chi connectivity index (χ0n) is 12.8. The summed E-state index contributed by atoms with van der Waals surface area (Å²) in [5, 5.41) is 9.10. The molecular formula is C19H19NO3. The van der Waals surface area contributed by atoms with Gasteiger partial charge < -0.3 is 10.0 Å². The average molecular weight is 309 g/mol. The van der Waals surface area contributed by atoms with Gasteiger partial charge in [0.05, 0.1) is 6.54 Å². The van der Waals surface area contributed by atoms with Crippen LogP contribution in [0.25, 0.3) is 11.1 Å². The molecule has 0 spiro atoms. The molecule has 4 nitrogen and oxygen atoms in total. The SMILES string of the molecule is O=C1C[C@@H](CCO)N(C(=O)c2ccc(-c3ccccc3)cc2)C1. The van der Waals surface area contributed by atoms with Gasteiger partial charge in [0.1, 0.15) is 0 Å². The molecule has 1 aliphatic rings. The first-order valence-electron chi connectivity index (χ1n) is 7.78. The molecule has 1 aliphatic heterocycles. The highest BCUT2D eigenvalue weighted by molar-refractivity contribution is 5.99. The summed E-state index contributed by atoms with van der Waals surface area (Å²) in [6.07, 6.45) is 0.786. The average Bonchev–Trinajstić information content (AvgIpc) is 2.96. The molecule has 4 heteroatoms. The van der Waals surface area contributed by atoms with E-state index >= 15 is 0 Å². The van der Waals surface area contributed by atoms with Crippen LogP contribution in [0.5, 0.6) is 0 Å². The quantitative estimate of drug-likeness (QED) is 0.944. The van der Waals surface area contributed by atoms with Crippen LogP contribution < -0.4 is 0 Å². The van der Waals surface area contributed by atoms with E-state index in [1.165, 1.54) is 0 Å². The van der Waals surface area contributed by atoms with Crippen LogP contribution in [0.2, 0.25) is 0 Å². The lowest BCUT2D eigenvalue weighted by Gasteiger charge is -2.23. The van der Waals surface area contributed by atoms with E-state index in [-0.39, 0.29) is 30.9 Å². The maximum absolute atomic E-state index is 12.6. The molecule has 1 saturated heterocycles. The molecule has 23 heavy (non-hydrogen) atoms. The van der Waals surface area contributed by atoms with E-state index in [1.54, 1.807) is 17.0 Å². The van der Waals surface area contributed by atoms with Crippen LogP contribution in [0.15, 0.2) is 54.6 Å². The van der Waals surface area contributed by atoms with Crippen molar-refractivity contribution in [1.82, 2.24) is 4.90 Å². The van der Waals surface area contributed by atoms with Crippen LogP contribution in [-0.2, 0) is 4.79 Å². The number of aliphatic hydroxyl groups is 1. The van der Waals surface area contributed by atoms with Gasteiger partial charge in [-0.3, -0.25) is 9.59 Å². The van der Waals surface area contributed by atoms with Gasteiger partial charge >= 0.3 is 0 Å². The van der Waals surface area contributed by atoms with E-state index in [0.29, 0.717) is 18.4 Å². The Hall–Kier alpha value is -2.46. The summed E-state index contributed by atoms with van der Waals surface area (Å²) >= 11 is 0. The normalized spacial score (nSPS) is 17.5. The molecular weight excluding hydrogens is 290 g/mol. The summed E-state index contributed by atoms with van der Waals surface area (Å²) in [5.41, 5.74) is 2.72. The van der Waals surface area contributed by atoms with Crippen molar-refractivity contribution < 1.29 is 14.7 Å². The topological polar surface area (TPSA) is 57.6 Å². The summed E-state index contributed by atoms with van der Waals surface area (Å²) in [6, 6.07) is 17.2. The molecule has 0 aliphatic carbocycles. The van der Waals surface area contributed by atoms with Crippen LogP contribution in [0.3, 0.4) is 0 Å². The fourth-order valence-corrected chi connectivity index (χ4v) is 3.00. The van der Waals surface area contributed by atoms with Gasteiger partial charge in [-0.15, -0.1) is 0 Å². The molecule has 1 fully saturated rings. The first-order valence-corrected chi connectivity index (χ1v) is 7.78. The molecule has 0 bridgehead atoms. The summed E-state index contributed by atoms with van der Waals surface area (Å²) in [6.45, 7) is 0.124. The molecule has 0 aromatic heterocycles. The van der Waals surface area contributed by atoms with E-state index in [4.69, 9.17) is 5.11 Å². The van der Waals surface area contributed by atoms with Crippen molar-refractivity contribution in [3.8, 4) is 11.1 Å². The third kappa shape index (κ3) is 3.32. The minimum Gasteiger partial charge on any atom is -0.396 e. The Bertz CT molecular complexity index is 694. The lowest BCUT2D eigenvalue weighted by molar-refractivity contribution is -0.116.